The number of benzene rings is 1. The predicted octanol–water partition coefficient (Wildman–Crippen LogP) is 1.25. The van der Waals surface area contributed by atoms with E-state index < -0.39 is 23.6 Å². The number of likely N-dealkylation sites (N-methyl/N-ethyl adjacent to an activating group) is 1. The summed E-state index contributed by atoms with van der Waals surface area (Å²) in [6, 6.07) is 0.767. The van der Waals surface area contributed by atoms with Crippen LogP contribution in [0.5, 0.6) is 5.75 Å². The molecule has 4 nitrogen and oxygen atoms in total. The van der Waals surface area contributed by atoms with Gasteiger partial charge in [-0.3, -0.25) is 0 Å². The maximum atomic E-state index is 13.5. The molecule has 2 rings (SSSR count). The Morgan fingerprint density at radius 1 is 1.56 bits per heavy atom. The van der Waals surface area contributed by atoms with E-state index in [-0.39, 0.29) is 18.0 Å². The molecule has 1 aliphatic heterocycles. The van der Waals surface area contributed by atoms with Crippen molar-refractivity contribution in [2.75, 3.05) is 18.6 Å². The van der Waals surface area contributed by atoms with Crippen LogP contribution >= 0.6 is 0 Å². The maximum Gasteiger partial charge on any atom is 0.329 e. The molecule has 1 aromatic rings. The van der Waals surface area contributed by atoms with Crippen LogP contribution in [0, 0.1) is 11.6 Å². The van der Waals surface area contributed by atoms with Gasteiger partial charge in [0.2, 0.25) is 0 Å². The van der Waals surface area contributed by atoms with E-state index in [0.29, 0.717) is 6.07 Å². The monoisotopic (exact) mass is 229 g/mol. The third-order valence-electron chi connectivity index (χ3n) is 2.50. The summed E-state index contributed by atoms with van der Waals surface area (Å²) in [5.41, 5.74) is -0.0277. The van der Waals surface area contributed by atoms with Crippen LogP contribution in [0.1, 0.15) is 0 Å². The predicted molar refractivity (Wildman–Crippen MR) is 51.7 cm³/mol. The number of aliphatic carboxylic acids is 1. The molecule has 1 N–H and O–H groups in total. The van der Waals surface area contributed by atoms with Crippen molar-refractivity contribution in [2.24, 2.45) is 0 Å². The number of rotatable bonds is 1. The normalized spacial score (nSPS) is 18.9. The van der Waals surface area contributed by atoms with Gasteiger partial charge in [0.25, 0.3) is 0 Å². The third kappa shape index (κ3) is 1.56. The fraction of sp³-hybridized carbons (Fsp3) is 0.300. The van der Waals surface area contributed by atoms with E-state index in [0.717, 1.165) is 6.07 Å². The summed E-state index contributed by atoms with van der Waals surface area (Å²) in [6.45, 7) is -0.137. The van der Waals surface area contributed by atoms with Crippen LogP contribution in [-0.2, 0) is 4.79 Å². The summed E-state index contributed by atoms with van der Waals surface area (Å²) in [5.74, 6) is -2.67. The number of carbonyl (C=O) groups is 1. The first-order valence-electron chi connectivity index (χ1n) is 4.58. The van der Waals surface area contributed by atoms with Crippen molar-refractivity contribution in [3.63, 3.8) is 0 Å². The Hall–Kier alpha value is -1.85. The van der Waals surface area contributed by atoms with E-state index in [4.69, 9.17) is 9.84 Å². The molecule has 1 aromatic carbocycles. The topological polar surface area (TPSA) is 49.8 Å². The lowest BCUT2D eigenvalue weighted by atomic mass is 10.1. The number of carboxylic acids is 1. The van der Waals surface area contributed by atoms with Crippen LogP contribution in [0.15, 0.2) is 12.1 Å². The molecule has 86 valence electrons. The second-order valence-electron chi connectivity index (χ2n) is 3.51. The van der Waals surface area contributed by atoms with Crippen molar-refractivity contribution in [1.29, 1.82) is 0 Å². The minimum atomic E-state index is -1.11. The summed E-state index contributed by atoms with van der Waals surface area (Å²) in [4.78, 5) is 12.1. The maximum absolute atomic E-state index is 13.5. The van der Waals surface area contributed by atoms with Gasteiger partial charge in [0.15, 0.2) is 11.9 Å². The standard InChI is InChI=1S/C10H9F2NO3/c1-13-7(10(14)15)4-16-8-3-5(11)2-6(12)9(8)13/h2-3,7H,4H2,1H3,(H,14,15). The summed E-state index contributed by atoms with van der Waals surface area (Å²) in [6.07, 6.45) is 0. The highest BCUT2D eigenvalue weighted by Gasteiger charge is 2.32. The van der Waals surface area contributed by atoms with Crippen molar-refractivity contribution < 1.29 is 23.4 Å². The minimum Gasteiger partial charge on any atom is -0.488 e. The Kier molecular flexibility index (Phi) is 2.41. The van der Waals surface area contributed by atoms with Gasteiger partial charge in [-0.05, 0) is 0 Å². The molecule has 0 saturated carbocycles. The zero-order valence-electron chi connectivity index (χ0n) is 8.41. The van der Waals surface area contributed by atoms with E-state index >= 15 is 0 Å². The Morgan fingerprint density at radius 2 is 2.25 bits per heavy atom. The minimum absolute atomic E-state index is 0.0255. The third-order valence-corrected chi connectivity index (χ3v) is 2.50. The number of carboxylic acid groups (broad SMARTS) is 1. The van der Waals surface area contributed by atoms with Crippen molar-refractivity contribution >= 4 is 11.7 Å². The number of halogens is 2. The molecule has 6 heteroatoms. The van der Waals surface area contributed by atoms with Crippen molar-refractivity contribution in [1.82, 2.24) is 0 Å². The van der Waals surface area contributed by atoms with Gasteiger partial charge < -0.3 is 14.7 Å². The van der Waals surface area contributed by atoms with E-state index in [9.17, 15) is 13.6 Å². The van der Waals surface area contributed by atoms with E-state index in [1.807, 2.05) is 0 Å². The fourth-order valence-electron chi connectivity index (χ4n) is 1.67. The first kappa shape index (κ1) is 10.7. The van der Waals surface area contributed by atoms with Gasteiger partial charge in [0, 0.05) is 19.2 Å². The van der Waals surface area contributed by atoms with Gasteiger partial charge in [-0.1, -0.05) is 0 Å². The van der Waals surface area contributed by atoms with Crippen LogP contribution < -0.4 is 9.64 Å². The van der Waals surface area contributed by atoms with Crippen LogP contribution in [0.25, 0.3) is 0 Å². The Balaban J connectivity index is 2.48. The highest BCUT2D eigenvalue weighted by atomic mass is 19.1. The largest absolute Gasteiger partial charge is 0.488 e. The average molecular weight is 229 g/mol. The second kappa shape index (κ2) is 3.62. The molecule has 0 amide bonds. The van der Waals surface area contributed by atoms with Crippen LogP contribution in [0.4, 0.5) is 14.5 Å². The van der Waals surface area contributed by atoms with Crippen molar-refractivity contribution in [2.45, 2.75) is 6.04 Å². The number of fused-ring (bicyclic) bond motifs is 1. The second-order valence-corrected chi connectivity index (χ2v) is 3.51. The molecule has 1 aliphatic rings. The van der Waals surface area contributed by atoms with Gasteiger partial charge in [0.05, 0.1) is 0 Å². The molecule has 0 saturated heterocycles. The molecule has 0 aliphatic carbocycles. The summed E-state index contributed by atoms with van der Waals surface area (Å²) in [5, 5.41) is 8.86. The molecule has 1 unspecified atom stereocenters. The van der Waals surface area contributed by atoms with Crippen molar-refractivity contribution in [3.05, 3.63) is 23.8 Å². The number of ether oxygens (including phenoxy) is 1. The van der Waals surface area contributed by atoms with E-state index in [1.54, 1.807) is 0 Å². The first-order valence-corrected chi connectivity index (χ1v) is 4.58. The molecule has 0 aromatic heterocycles. The van der Waals surface area contributed by atoms with Gasteiger partial charge in [-0.25, -0.2) is 13.6 Å². The fourth-order valence-corrected chi connectivity index (χ4v) is 1.67. The molecule has 16 heavy (non-hydrogen) atoms. The Bertz CT molecular complexity index is 450. The molecule has 1 heterocycles. The molecular weight excluding hydrogens is 220 g/mol. The number of hydrogen-bond acceptors (Lipinski definition) is 3. The van der Waals surface area contributed by atoms with Crippen molar-refractivity contribution in [3.8, 4) is 5.75 Å². The molecule has 0 radical (unpaired) electrons. The zero-order chi connectivity index (χ0) is 11.9. The van der Waals surface area contributed by atoms with E-state index in [2.05, 4.69) is 0 Å². The van der Waals surface area contributed by atoms with Crippen LogP contribution in [-0.4, -0.2) is 30.8 Å². The number of hydrogen-bond donors (Lipinski definition) is 1. The van der Waals surface area contributed by atoms with Gasteiger partial charge >= 0.3 is 5.97 Å². The van der Waals surface area contributed by atoms with Crippen LogP contribution in [0.3, 0.4) is 0 Å². The molecule has 0 spiro atoms. The molecular formula is C10H9F2NO3. The lowest BCUT2D eigenvalue weighted by Crippen LogP contribution is -2.46. The molecule has 0 fully saturated rings. The van der Waals surface area contributed by atoms with Crippen LogP contribution in [0.2, 0.25) is 0 Å². The first-order chi connectivity index (χ1) is 7.50. The smallest absolute Gasteiger partial charge is 0.329 e. The highest BCUT2D eigenvalue weighted by molar-refractivity contribution is 5.80. The Morgan fingerprint density at radius 3 is 2.88 bits per heavy atom. The SMILES string of the molecule is CN1c2c(F)cc(F)cc2OCC1C(=O)O. The summed E-state index contributed by atoms with van der Waals surface area (Å²) < 4.78 is 31.4. The quantitative estimate of drug-likeness (QED) is 0.787. The lowest BCUT2D eigenvalue weighted by Gasteiger charge is -2.33. The average Bonchev–Trinajstić information content (AvgIpc) is 2.15. The van der Waals surface area contributed by atoms with Gasteiger partial charge in [-0.2, -0.15) is 0 Å². The number of nitrogens with zero attached hydrogens (tertiary/aromatic N) is 1. The van der Waals surface area contributed by atoms with Gasteiger partial charge in [-0.15, -0.1) is 0 Å². The van der Waals surface area contributed by atoms with E-state index in [1.165, 1.54) is 11.9 Å². The summed E-state index contributed by atoms with van der Waals surface area (Å²) >= 11 is 0. The van der Waals surface area contributed by atoms with Gasteiger partial charge in [0.1, 0.15) is 23.9 Å². The molecule has 0 bridgehead atoms. The number of anilines is 1. The Labute approximate surface area is 90.0 Å². The highest BCUT2D eigenvalue weighted by Crippen LogP contribution is 2.36. The molecule has 1 atom stereocenters. The summed E-state index contributed by atoms with van der Waals surface area (Å²) in [7, 11) is 1.43. The lowest BCUT2D eigenvalue weighted by molar-refractivity contribution is -0.139. The zero-order valence-corrected chi connectivity index (χ0v) is 8.41.